The van der Waals surface area contributed by atoms with Gasteiger partial charge in [0.15, 0.2) is 0 Å². The Balaban J connectivity index is 2.07. The van der Waals surface area contributed by atoms with Crippen molar-refractivity contribution >= 4 is 43.5 Å². The standard InChI is InChI=1S/C29H31BrF3N3O4S/c1-4-16-34-28(38)21(3)35(18-22-10-12-24(30)13-11-22)27(37)19-36(25-7-5-6-23(17-25)29(31,32)33)41(39,40)26-14-8-20(2)9-15-26/h5-15,17,21H,4,16,18-19H2,1-3H3,(H,34,38)/t21-/m0/s1. The van der Waals surface area contributed by atoms with Gasteiger partial charge in [0.05, 0.1) is 16.1 Å². The molecule has 41 heavy (non-hydrogen) atoms. The molecule has 0 aromatic heterocycles. The van der Waals surface area contributed by atoms with Crippen molar-refractivity contribution in [1.29, 1.82) is 0 Å². The molecule has 0 saturated carbocycles. The van der Waals surface area contributed by atoms with Crippen molar-refractivity contribution in [2.75, 3.05) is 17.4 Å². The van der Waals surface area contributed by atoms with Crippen molar-refractivity contribution in [1.82, 2.24) is 10.2 Å². The van der Waals surface area contributed by atoms with Crippen LogP contribution in [0.1, 0.15) is 37.0 Å². The molecule has 0 bridgehead atoms. The van der Waals surface area contributed by atoms with E-state index in [-0.39, 0.29) is 17.1 Å². The van der Waals surface area contributed by atoms with Crippen LogP contribution in [-0.4, -0.2) is 44.3 Å². The molecule has 0 aliphatic rings. The van der Waals surface area contributed by atoms with Crippen molar-refractivity contribution in [2.24, 2.45) is 0 Å². The summed E-state index contributed by atoms with van der Waals surface area (Å²) in [6, 6.07) is 15.6. The first-order valence-electron chi connectivity index (χ1n) is 12.8. The first kappa shape index (κ1) is 32.1. The Morgan fingerprint density at radius 2 is 1.63 bits per heavy atom. The minimum absolute atomic E-state index is 0.0339. The highest BCUT2D eigenvalue weighted by molar-refractivity contribution is 9.10. The van der Waals surface area contributed by atoms with Crippen LogP contribution in [0.4, 0.5) is 18.9 Å². The van der Waals surface area contributed by atoms with Gasteiger partial charge < -0.3 is 10.2 Å². The maximum Gasteiger partial charge on any atom is 0.416 e. The Hall–Kier alpha value is -3.38. The molecule has 12 heteroatoms. The van der Waals surface area contributed by atoms with E-state index in [9.17, 15) is 31.2 Å². The van der Waals surface area contributed by atoms with E-state index in [4.69, 9.17) is 0 Å². The Bertz CT molecular complexity index is 1460. The Morgan fingerprint density at radius 1 is 1.00 bits per heavy atom. The van der Waals surface area contributed by atoms with Crippen LogP contribution in [0.5, 0.6) is 0 Å². The molecule has 1 atom stereocenters. The van der Waals surface area contributed by atoms with E-state index in [0.29, 0.717) is 28.9 Å². The van der Waals surface area contributed by atoms with Crippen molar-refractivity contribution in [3.63, 3.8) is 0 Å². The average molecular weight is 655 g/mol. The molecular formula is C29H31BrF3N3O4S. The summed E-state index contributed by atoms with van der Waals surface area (Å²) in [6.45, 7) is 4.66. The molecule has 0 heterocycles. The number of nitrogens with zero attached hydrogens (tertiary/aromatic N) is 2. The predicted octanol–water partition coefficient (Wildman–Crippen LogP) is 5.92. The fraction of sp³-hybridized carbons (Fsp3) is 0.310. The zero-order chi connectivity index (χ0) is 30.4. The van der Waals surface area contributed by atoms with E-state index < -0.39 is 46.2 Å². The molecule has 0 spiro atoms. The molecule has 2 amide bonds. The lowest BCUT2D eigenvalue weighted by Gasteiger charge is -2.32. The van der Waals surface area contributed by atoms with Gasteiger partial charge in [0.1, 0.15) is 12.6 Å². The molecule has 0 saturated heterocycles. The number of carbonyl (C=O) groups is 2. The number of benzene rings is 3. The predicted molar refractivity (Wildman–Crippen MR) is 155 cm³/mol. The normalized spacial score (nSPS) is 12.5. The zero-order valence-electron chi connectivity index (χ0n) is 22.8. The molecule has 3 aromatic carbocycles. The maximum absolute atomic E-state index is 13.8. The lowest BCUT2D eigenvalue weighted by molar-refractivity contribution is -0.139. The molecule has 7 nitrogen and oxygen atoms in total. The number of alkyl halides is 3. The molecule has 220 valence electrons. The van der Waals surface area contributed by atoms with Crippen molar-refractivity contribution in [2.45, 2.75) is 50.9 Å². The van der Waals surface area contributed by atoms with E-state index in [0.717, 1.165) is 22.2 Å². The second kappa shape index (κ2) is 13.5. The molecule has 3 rings (SSSR count). The third kappa shape index (κ3) is 8.32. The molecule has 0 unspecified atom stereocenters. The number of hydrogen-bond acceptors (Lipinski definition) is 4. The van der Waals surface area contributed by atoms with Crippen LogP contribution in [0.3, 0.4) is 0 Å². The lowest BCUT2D eigenvalue weighted by Crippen LogP contribution is -2.51. The monoisotopic (exact) mass is 653 g/mol. The Kier molecular flexibility index (Phi) is 10.6. The van der Waals surface area contributed by atoms with Gasteiger partial charge in [0.25, 0.3) is 10.0 Å². The quantitative estimate of drug-likeness (QED) is 0.279. The van der Waals surface area contributed by atoms with Gasteiger partial charge in [-0.05, 0) is 68.3 Å². The van der Waals surface area contributed by atoms with Crippen molar-refractivity contribution in [3.8, 4) is 0 Å². The molecule has 1 N–H and O–H groups in total. The summed E-state index contributed by atoms with van der Waals surface area (Å²) >= 11 is 3.35. The number of anilines is 1. The van der Waals surface area contributed by atoms with Gasteiger partial charge in [-0.25, -0.2) is 8.42 Å². The average Bonchev–Trinajstić information content (AvgIpc) is 2.93. The lowest BCUT2D eigenvalue weighted by atomic mass is 10.1. The summed E-state index contributed by atoms with van der Waals surface area (Å²) in [7, 11) is -4.49. The van der Waals surface area contributed by atoms with Gasteiger partial charge in [0, 0.05) is 17.6 Å². The van der Waals surface area contributed by atoms with Crippen molar-refractivity contribution in [3.05, 3.63) is 94.0 Å². The Labute approximate surface area is 246 Å². The Morgan fingerprint density at radius 3 is 2.22 bits per heavy atom. The number of amides is 2. The van der Waals surface area contributed by atoms with Gasteiger partial charge in [-0.15, -0.1) is 0 Å². The summed E-state index contributed by atoms with van der Waals surface area (Å²) in [5, 5.41) is 2.74. The number of halogens is 4. The van der Waals surface area contributed by atoms with E-state index >= 15 is 0 Å². The minimum atomic E-state index is -4.74. The highest BCUT2D eigenvalue weighted by Gasteiger charge is 2.35. The molecule has 3 aromatic rings. The number of carbonyl (C=O) groups excluding carboxylic acids is 2. The second-order valence-corrected chi connectivity index (χ2v) is 12.3. The minimum Gasteiger partial charge on any atom is -0.354 e. The van der Waals surface area contributed by atoms with E-state index in [1.807, 2.05) is 6.92 Å². The van der Waals surface area contributed by atoms with Crippen LogP contribution >= 0.6 is 15.9 Å². The zero-order valence-corrected chi connectivity index (χ0v) is 25.2. The number of hydrogen-bond donors (Lipinski definition) is 1. The maximum atomic E-state index is 13.8. The fourth-order valence-corrected chi connectivity index (χ4v) is 5.64. The van der Waals surface area contributed by atoms with Gasteiger partial charge in [-0.2, -0.15) is 13.2 Å². The van der Waals surface area contributed by atoms with Crippen LogP contribution in [-0.2, 0) is 32.3 Å². The van der Waals surface area contributed by atoms with Crippen LogP contribution in [0.2, 0.25) is 0 Å². The highest BCUT2D eigenvalue weighted by Crippen LogP contribution is 2.33. The molecule has 0 aliphatic heterocycles. The third-order valence-corrected chi connectivity index (χ3v) is 8.65. The van der Waals surface area contributed by atoms with Gasteiger partial charge in [-0.1, -0.05) is 58.7 Å². The first-order valence-corrected chi connectivity index (χ1v) is 15.1. The molecule has 0 fully saturated rings. The summed E-state index contributed by atoms with van der Waals surface area (Å²) in [4.78, 5) is 27.8. The van der Waals surface area contributed by atoms with Gasteiger partial charge >= 0.3 is 6.18 Å². The highest BCUT2D eigenvalue weighted by atomic mass is 79.9. The summed E-state index contributed by atoms with van der Waals surface area (Å²) in [6.07, 6.45) is -4.07. The molecule has 0 radical (unpaired) electrons. The van der Waals surface area contributed by atoms with Gasteiger partial charge in [0.2, 0.25) is 11.8 Å². The fourth-order valence-electron chi connectivity index (χ4n) is 3.97. The van der Waals surface area contributed by atoms with Crippen LogP contribution in [0.15, 0.2) is 82.2 Å². The number of nitrogens with one attached hydrogen (secondary N) is 1. The van der Waals surface area contributed by atoms with Gasteiger partial charge in [-0.3, -0.25) is 13.9 Å². The second-order valence-electron chi connectivity index (χ2n) is 9.49. The number of rotatable bonds is 11. The molecule has 0 aliphatic carbocycles. The van der Waals surface area contributed by atoms with Crippen LogP contribution in [0, 0.1) is 6.92 Å². The largest absolute Gasteiger partial charge is 0.416 e. The van der Waals surface area contributed by atoms with Crippen molar-refractivity contribution < 1.29 is 31.2 Å². The van der Waals surface area contributed by atoms with E-state index in [1.54, 1.807) is 43.3 Å². The summed E-state index contributed by atoms with van der Waals surface area (Å²) < 4.78 is 69.7. The third-order valence-electron chi connectivity index (χ3n) is 6.33. The number of sulfonamides is 1. The van der Waals surface area contributed by atoms with Crippen LogP contribution < -0.4 is 9.62 Å². The van der Waals surface area contributed by atoms with E-state index in [1.165, 1.54) is 30.0 Å². The van der Waals surface area contributed by atoms with E-state index in [2.05, 4.69) is 21.2 Å². The first-order chi connectivity index (χ1) is 19.2. The smallest absolute Gasteiger partial charge is 0.354 e. The summed E-state index contributed by atoms with van der Waals surface area (Å²) in [5.74, 6) is -1.20. The SMILES string of the molecule is CCCNC(=O)[C@H](C)N(Cc1ccc(Br)cc1)C(=O)CN(c1cccc(C(F)(F)F)c1)S(=O)(=O)c1ccc(C)cc1. The summed E-state index contributed by atoms with van der Waals surface area (Å²) in [5.41, 5.74) is 0.0490. The number of aryl methyl sites for hydroxylation is 1. The molecular weight excluding hydrogens is 623 g/mol. The van der Waals surface area contributed by atoms with Crippen LogP contribution in [0.25, 0.3) is 0 Å². The topological polar surface area (TPSA) is 86.8 Å².